The van der Waals surface area contributed by atoms with Crippen LogP contribution in [0.3, 0.4) is 0 Å². The molecule has 1 aromatic rings. The van der Waals surface area contributed by atoms with E-state index in [0.29, 0.717) is 5.92 Å². The van der Waals surface area contributed by atoms with Crippen LogP contribution in [0.4, 0.5) is 0 Å². The quantitative estimate of drug-likeness (QED) is 0.910. The molecular weight excluding hydrogens is 242 g/mol. The molecule has 0 aromatic heterocycles. The summed E-state index contributed by atoms with van der Waals surface area (Å²) in [6, 6.07) is 9.78. The second kappa shape index (κ2) is 5.98. The summed E-state index contributed by atoms with van der Waals surface area (Å²) in [5.41, 5.74) is 7.41. The average Bonchev–Trinajstić information content (AvgIpc) is 2.28. The molecule has 1 aromatic carbocycles. The summed E-state index contributed by atoms with van der Waals surface area (Å²) >= 11 is 0. The predicted octanol–water partition coefficient (Wildman–Crippen LogP) is 3.26. The Morgan fingerprint density at radius 1 is 1.11 bits per heavy atom. The predicted molar refractivity (Wildman–Crippen MR) is 79.9 cm³/mol. The van der Waals surface area contributed by atoms with Gasteiger partial charge < -0.3 is 5.73 Å². The summed E-state index contributed by atoms with van der Waals surface area (Å²) < 4.78 is 12.4. The fraction of sp³-hybridized carbons (Fsp3) is 0.600. The minimum Gasteiger partial charge on any atom is -0.323 e. The van der Waals surface area contributed by atoms with Crippen LogP contribution in [0.15, 0.2) is 30.3 Å². The van der Waals surface area contributed by atoms with Gasteiger partial charge in [0.05, 0.1) is 5.25 Å². The zero-order valence-electron chi connectivity index (χ0n) is 12.0. The number of nitrogens with two attached hydrogens (primary N) is 1. The Morgan fingerprint density at radius 3 is 2.00 bits per heavy atom. The molecular formula is C15H25NOS. The highest BCUT2D eigenvalue weighted by Crippen LogP contribution is 2.29. The molecule has 0 saturated heterocycles. The Morgan fingerprint density at radius 2 is 1.61 bits per heavy atom. The molecule has 0 heterocycles. The molecule has 2 nitrogen and oxygen atoms in total. The minimum atomic E-state index is -0.961. The lowest BCUT2D eigenvalue weighted by Gasteiger charge is -2.32. The zero-order valence-corrected chi connectivity index (χ0v) is 12.8. The topological polar surface area (TPSA) is 43.1 Å². The van der Waals surface area contributed by atoms with Crippen LogP contribution >= 0.6 is 0 Å². The van der Waals surface area contributed by atoms with E-state index in [-0.39, 0.29) is 16.0 Å². The van der Waals surface area contributed by atoms with Crippen molar-refractivity contribution in [1.82, 2.24) is 0 Å². The molecule has 3 atom stereocenters. The van der Waals surface area contributed by atoms with Gasteiger partial charge >= 0.3 is 0 Å². The Hall–Kier alpha value is -0.670. The maximum Gasteiger partial charge on any atom is 0.0568 e. The number of rotatable bonds is 4. The molecule has 0 spiro atoms. The molecule has 0 radical (unpaired) electrons. The zero-order chi connectivity index (χ0) is 13.9. The van der Waals surface area contributed by atoms with Crippen molar-refractivity contribution >= 4 is 10.8 Å². The van der Waals surface area contributed by atoms with E-state index >= 15 is 0 Å². The normalized spacial score (nSPS) is 17.5. The van der Waals surface area contributed by atoms with E-state index in [1.165, 1.54) is 0 Å². The van der Waals surface area contributed by atoms with Crippen LogP contribution in [0.2, 0.25) is 0 Å². The van der Waals surface area contributed by atoms with Gasteiger partial charge in [0.15, 0.2) is 0 Å². The number of hydrogen-bond acceptors (Lipinski definition) is 2. The standard InChI is InChI=1S/C15H25NOS/c1-11(2)14(18(17)15(3,4)5)13(16)12-9-7-6-8-10-12/h6-11,13-14H,16H2,1-5H3. The van der Waals surface area contributed by atoms with Crippen molar-refractivity contribution in [2.24, 2.45) is 11.7 Å². The van der Waals surface area contributed by atoms with Crippen LogP contribution in [0.1, 0.15) is 46.2 Å². The average molecular weight is 267 g/mol. The van der Waals surface area contributed by atoms with Crippen molar-refractivity contribution < 1.29 is 4.21 Å². The van der Waals surface area contributed by atoms with E-state index in [0.717, 1.165) is 5.56 Å². The van der Waals surface area contributed by atoms with Crippen molar-refractivity contribution in [3.63, 3.8) is 0 Å². The van der Waals surface area contributed by atoms with E-state index in [1.54, 1.807) is 0 Å². The van der Waals surface area contributed by atoms with Crippen LogP contribution < -0.4 is 5.73 Å². The first-order chi connectivity index (χ1) is 8.25. The van der Waals surface area contributed by atoms with Gasteiger partial charge in [-0.3, -0.25) is 4.21 Å². The first-order valence-corrected chi connectivity index (χ1v) is 7.67. The number of benzene rings is 1. The van der Waals surface area contributed by atoms with Crippen LogP contribution in [0.25, 0.3) is 0 Å². The van der Waals surface area contributed by atoms with E-state index in [2.05, 4.69) is 13.8 Å². The maximum absolute atomic E-state index is 12.7. The van der Waals surface area contributed by atoms with E-state index in [4.69, 9.17) is 5.73 Å². The Balaban J connectivity index is 3.04. The summed E-state index contributed by atoms with van der Waals surface area (Å²) in [5.74, 6) is 0.292. The monoisotopic (exact) mass is 267 g/mol. The minimum absolute atomic E-state index is 0.0209. The molecule has 0 saturated carbocycles. The molecule has 102 valence electrons. The molecule has 0 aliphatic rings. The number of hydrogen-bond donors (Lipinski definition) is 1. The lowest BCUT2D eigenvalue weighted by atomic mass is 9.97. The summed E-state index contributed by atoms with van der Waals surface area (Å²) in [6.45, 7) is 10.2. The molecule has 18 heavy (non-hydrogen) atoms. The second-order valence-corrected chi connectivity index (χ2v) is 8.42. The van der Waals surface area contributed by atoms with E-state index < -0.39 is 10.8 Å². The highest BCUT2D eigenvalue weighted by Gasteiger charge is 2.34. The van der Waals surface area contributed by atoms with Gasteiger partial charge in [-0.05, 0) is 32.3 Å². The molecule has 1 rings (SSSR count). The lowest BCUT2D eigenvalue weighted by molar-refractivity contribution is 0.500. The molecule has 0 aliphatic heterocycles. The van der Waals surface area contributed by atoms with Crippen molar-refractivity contribution in [2.75, 3.05) is 0 Å². The largest absolute Gasteiger partial charge is 0.323 e. The SMILES string of the molecule is CC(C)C(C(N)c1ccccc1)S(=O)C(C)(C)C. The molecule has 2 N–H and O–H groups in total. The van der Waals surface area contributed by atoms with Crippen molar-refractivity contribution in [3.8, 4) is 0 Å². The van der Waals surface area contributed by atoms with Gasteiger partial charge in [0.2, 0.25) is 0 Å². The van der Waals surface area contributed by atoms with Crippen molar-refractivity contribution in [3.05, 3.63) is 35.9 Å². The van der Waals surface area contributed by atoms with Gasteiger partial charge in [0, 0.05) is 21.6 Å². The first kappa shape index (κ1) is 15.4. The molecule has 3 unspecified atom stereocenters. The highest BCUT2D eigenvalue weighted by atomic mass is 32.2. The first-order valence-electron chi connectivity index (χ1n) is 6.46. The van der Waals surface area contributed by atoms with Crippen LogP contribution in [-0.2, 0) is 10.8 Å². The Labute approximate surface area is 113 Å². The van der Waals surface area contributed by atoms with Crippen LogP contribution in [0.5, 0.6) is 0 Å². The van der Waals surface area contributed by atoms with E-state index in [1.807, 2.05) is 51.1 Å². The fourth-order valence-corrected chi connectivity index (χ4v) is 3.80. The maximum atomic E-state index is 12.7. The molecule has 0 amide bonds. The van der Waals surface area contributed by atoms with Gasteiger partial charge in [0.25, 0.3) is 0 Å². The third-order valence-electron chi connectivity index (χ3n) is 3.05. The molecule has 3 heteroatoms. The third kappa shape index (κ3) is 3.66. The van der Waals surface area contributed by atoms with E-state index in [9.17, 15) is 4.21 Å². The molecule has 0 fully saturated rings. The molecule has 0 bridgehead atoms. The van der Waals surface area contributed by atoms with Crippen LogP contribution in [-0.4, -0.2) is 14.2 Å². The summed E-state index contributed by atoms with van der Waals surface area (Å²) in [4.78, 5) is 0. The van der Waals surface area contributed by atoms with Gasteiger partial charge in [0.1, 0.15) is 0 Å². The third-order valence-corrected chi connectivity index (χ3v) is 5.59. The van der Waals surface area contributed by atoms with Gasteiger partial charge in [-0.1, -0.05) is 44.2 Å². The second-order valence-electron chi connectivity index (χ2n) is 6.05. The fourth-order valence-electron chi connectivity index (χ4n) is 2.07. The summed E-state index contributed by atoms with van der Waals surface area (Å²) in [5, 5.41) is -0.0209. The van der Waals surface area contributed by atoms with Crippen LogP contribution in [0, 0.1) is 5.92 Å². The Kier molecular flexibility index (Phi) is 5.11. The molecule has 0 aliphatic carbocycles. The van der Waals surface area contributed by atoms with Gasteiger partial charge in [-0.25, -0.2) is 0 Å². The summed E-state index contributed by atoms with van der Waals surface area (Å²) in [7, 11) is -0.961. The lowest BCUT2D eigenvalue weighted by Crippen LogP contribution is -2.41. The smallest absolute Gasteiger partial charge is 0.0568 e. The highest BCUT2D eigenvalue weighted by molar-refractivity contribution is 7.87. The van der Waals surface area contributed by atoms with Crippen molar-refractivity contribution in [1.29, 1.82) is 0 Å². The van der Waals surface area contributed by atoms with Gasteiger partial charge in [-0.2, -0.15) is 0 Å². The van der Waals surface area contributed by atoms with Gasteiger partial charge in [-0.15, -0.1) is 0 Å². The van der Waals surface area contributed by atoms with Crippen molar-refractivity contribution in [2.45, 2.75) is 50.7 Å². The summed E-state index contributed by atoms with van der Waals surface area (Å²) in [6.07, 6.45) is 0. The Bertz CT molecular complexity index is 395.